The minimum atomic E-state index is 0.662. The fourth-order valence-electron chi connectivity index (χ4n) is 2.85. The van der Waals surface area contributed by atoms with Crippen LogP contribution in [0.3, 0.4) is 0 Å². The van der Waals surface area contributed by atoms with Crippen LogP contribution in [0.15, 0.2) is 22.7 Å². The topological polar surface area (TPSA) is 12.5 Å². The van der Waals surface area contributed by atoms with Crippen molar-refractivity contribution in [2.45, 2.75) is 20.3 Å². The third-order valence-electron chi connectivity index (χ3n) is 3.50. The number of piperidine rings is 1. The van der Waals surface area contributed by atoms with E-state index in [-0.39, 0.29) is 0 Å². The molecule has 0 bridgehead atoms. The van der Waals surface area contributed by atoms with Crippen LogP contribution in [0.25, 0.3) is 0 Å². The highest BCUT2D eigenvalue weighted by Crippen LogP contribution is 2.27. The van der Waals surface area contributed by atoms with Crippen molar-refractivity contribution in [3.63, 3.8) is 0 Å². The van der Waals surface area contributed by atoms with Gasteiger partial charge >= 0.3 is 0 Å². The zero-order chi connectivity index (χ0) is 13.8. The first kappa shape index (κ1) is 15.1. The van der Waals surface area contributed by atoms with E-state index in [1.54, 1.807) is 0 Å². The van der Waals surface area contributed by atoms with Gasteiger partial charge in [-0.3, -0.25) is 4.90 Å². The molecule has 0 radical (unpaired) electrons. The molecule has 0 N–H and O–H groups in total. The van der Waals surface area contributed by atoms with Crippen molar-refractivity contribution < 1.29 is 4.74 Å². The molecule has 2 rings (SSSR count). The molecule has 1 aromatic carbocycles. The molecule has 0 saturated carbocycles. The van der Waals surface area contributed by atoms with Crippen molar-refractivity contribution in [3.05, 3.63) is 27.7 Å². The van der Waals surface area contributed by atoms with E-state index in [9.17, 15) is 0 Å². The maximum absolute atomic E-state index is 6.13. The van der Waals surface area contributed by atoms with Gasteiger partial charge in [0.05, 0.1) is 5.02 Å². The van der Waals surface area contributed by atoms with Gasteiger partial charge in [-0.25, -0.2) is 0 Å². The maximum atomic E-state index is 6.13. The van der Waals surface area contributed by atoms with Gasteiger partial charge in [-0.2, -0.15) is 0 Å². The average molecular weight is 347 g/mol. The number of halogens is 2. The summed E-state index contributed by atoms with van der Waals surface area (Å²) in [4.78, 5) is 2.49. The number of hydrogen-bond donors (Lipinski definition) is 0. The first-order chi connectivity index (χ1) is 9.04. The Hall–Kier alpha value is -0.250. The molecule has 2 nitrogen and oxygen atoms in total. The highest BCUT2D eigenvalue weighted by atomic mass is 79.9. The van der Waals surface area contributed by atoms with Crippen LogP contribution in [-0.2, 0) is 0 Å². The highest BCUT2D eigenvalue weighted by molar-refractivity contribution is 9.10. The van der Waals surface area contributed by atoms with E-state index in [1.807, 2.05) is 18.2 Å². The molecule has 106 valence electrons. The molecule has 4 heteroatoms. The number of rotatable bonds is 4. The van der Waals surface area contributed by atoms with Crippen molar-refractivity contribution in [2.75, 3.05) is 26.2 Å². The maximum Gasteiger partial charge on any atom is 0.138 e. The molecule has 1 fully saturated rings. The molecule has 1 aliphatic heterocycles. The van der Waals surface area contributed by atoms with Crippen LogP contribution in [0, 0.1) is 11.8 Å². The number of nitrogens with zero attached hydrogens (tertiary/aromatic N) is 1. The number of likely N-dealkylation sites (tertiary alicyclic amines) is 1. The third-order valence-corrected chi connectivity index (χ3v) is 4.29. The van der Waals surface area contributed by atoms with Crippen LogP contribution >= 0.6 is 27.5 Å². The van der Waals surface area contributed by atoms with Gasteiger partial charge in [0.15, 0.2) is 0 Å². The van der Waals surface area contributed by atoms with E-state index >= 15 is 0 Å². The lowest BCUT2D eigenvalue weighted by molar-refractivity contribution is 0.120. The zero-order valence-corrected chi connectivity index (χ0v) is 13.9. The second kappa shape index (κ2) is 6.96. The van der Waals surface area contributed by atoms with Gasteiger partial charge in [-0.05, 0) is 36.5 Å². The Bertz CT molecular complexity index is 417. The molecule has 1 aliphatic rings. The molecule has 19 heavy (non-hydrogen) atoms. The quantitative estimate of drug-likeness (QED) is 0.798. The lowest BCUT2D eigenvalue weighted by Gasteiger charge is -2.34. The van der Waals surface area contributed by atoms with E-state index < -0.39 is 0 Å². The van der Waals surface area contributed by atoms with Crippen LogP contribution in [0.5, 0.6) is 5.75 Å². The smallest absolute Gasteiger partial charge is 0.138 e. The normalized spacial score (nSPS) is 24.4. The standard InChI is InChI=1S/C15H21BrClNO/c1-11-7-12(2)10-18(9-11)5-6-19-15-4-3-13(16)8-14(15)17/h3-4,8,11-12H,5-7,9-10H2,1-2H3/t11-,12-/m0/s1. The van der Waals surface area contributed by atoms with Crippen molar-refractivity contribution in [3.8, 4) is 5.75 Å². The lowest BCUT2D eigenvalue weighted by Crippen LogP contribution is -2.40. The van der Waals surface area contributed by atoms with Crippen LogP contribution < -0.4 is 4.74 Å². The predicted octanol–water partition coefficient (Wildman–Crippen LogP) is 4.46. The number of hydrogen-bond acceptors (Lipinski definition) is 2. The van der Waals surface area contributed by atoms with Gasteiger partial charge in [0.2, 0.25) is 0 Å². The number of benzene rings is 1. The molecule has 0 spiro atoms. The molecular formula is C15H21BrClNO. The average Bonchev–Trinajstić information content (AvgIpc) is 2.30. The van der Waals surface area contributed by atoms with Crippen LogP contribution in [-0.4, -0.2) is 31.1 Å². The molecule has 1 saturated heterocycles. The Morgan fingerprint density at radius 2 is 2.00 bits per heavy atom. The minimum Gasteiger partial charge on any atom is -0.491 e. The molecule has 0 aromatic heterocycles. The second-order valence-corrected chi connectivity index (χ2v) is 6.95. The minimum absolute atomic E-state index is 0.662. The van der Waals surface area contributed by atoms with Gasteiger partial charge in [-0.1, -0.05) is 41.4 Å². The molecule has 1 aromatic rings. The van der Waals surface area contributed by atoms with Crippen LogP contribution in [0.2, 0.25) is 5.02 Å². The Kier molecular flexibility index (Phi) is 5.55. The summed E-state index contributed by atoms with van der Waals surface area (Å²) in [6, 6.07) is 5.72. The summed E-state index contributed by atoms with van der Waals surface area (Å²) < 4.78 is 6.75. The summed E-state index contributed by atoms with van der Waals surface area (Å²) in [5.41, 5.74) is 0. The summed E-state index contributed by atoms with van der Waals surface area (Å²) in [7, 11) is 0. The number of ether oxygens (including phenoxy) is 1. The van der Waals surface area contributed by atoms with Crippen molar-refractivity contribution in [1.29, 1.82) is 0 Å². The fraction of sp³-hybridized carbons (Fsp3) is 0.600. The molecule has 0 amide bonds. The molecule has 1 heterocycles. The first-order valence-corrected chi connectivity index (χ1v) is 8.02. The van der Waals surface area contributed by atoms with Crippen LogP contribution in [0.4, 0.5) is 0 Å². The van der Waals surface area contributed by atoms with Gasteiger partial charge in [-0.15, -0.1) is 0 Å². The molecule has 0 unspecified atom stereocenters. The predicted molar refractivity (Wildman–Crippen MR) is 84.0 cm³/mol. The van der Waals surface area contributed by atoms with E-state index in [1.165, 1.54) is 19.5 Å². The molecular weight excluding hydrogens is 326 g/mol. The largest absolute Gasteiger partial charge is 0.491 e. The van der Waals surface area contributed by atoms with Gasteiger partial charge in [0, 0.05) is 24.1 Å². The SMILES string of the molecule is C[C@H]1C[C@H](C)CN(CCOc2ccc(Br)cc2Cl)C1. The van der Waals surface area contributed by atoms with E-state index in [0.717, 1.165) is 28.6 Å². The van der Waals surface area contributed by atoms with Gasteiger partial charge in [0.25, 0.3) is 0 Å². The van der Waals surface area contributed by atoms with Crippen molar-refractivity contribution in [2.24, 2.45) is 11.8 Å². The summed E-state index contributed by atoms with van der Waals surface area (Å²) >= 11 is 9.52. The summed E-state index contributed by atoms with van der Waals surface area (Å²) in [6.45, 7) is 8.69. The Morgan fingerprint density at radius 3 is 2.63 bits per heavy atom. The van der Waals surface area contributed by atoms with E-state index in [2.05, 4.69) is 34.7 Å². The Labute approximate surface area is 129 Å². The molecule has 0 aliphatic carbocycles. The second-order valence-electron chi connectivity index (χ2n) is 5.63. The monoisotopic (exact) mass is 345 g/mol. The van der Waals surface area contributed by atoms with Crippen molar-refractivity contribution in [1.82, 2.24) is 4.90 Å². The first-order valence-electron chi connectivity index (χ1n) is 6.85. The fourth-order valence-corrected chi connectivity index (χ4v) is 3.58. The van der Waals surface area contributed by atoms with Crippen molar-refractivity contribution >= 4 is 27.5 Å². The summed E-state index contributed by atoms with van der Waals surface area (Å²) in [5, 5.41) is 0.662. The summed E-state index contributed by atoms with van der Waals surface area (Å²) in [5.74, 6) is 2.35. The zero-order valence-electron chi connectivity index (χ0n) is 11.5. The molecule has 2 atom stereocenters. The van der Waals surface area contributed by atoms with E-state index in [0.29, 0.717) is 11.6 Å². The highest BCUT2D eigenvalue weighted by Gasteiger charge is 2.21. The van der Waals surface area contributed by atoms with Gasteiger partial charge in [0.1, 0.15) is 12.4 Å². The van der Waals surface area contributed by atoms with Gasteiger partial charge < -0.3 is 4.74 Å². The Morgan fingerprint density at radius 1 is 1.32 bits per heavy atom. The lowest BCUT2D eigenvalue weighted by atomic mass is 9.92. The third kappa shape index (κ3) is 4.66. The van der Waals surface area contributed by atoms with Crippen LogP contribution in [0.1, 0.15) is 20.3 Å². The Balaban J connectivity index is 1.80. The summed E-state index contributed by atoms with van der Waals surface area (Å²) in [6.07, 6.45) is 1.34. The van der Waals surface area contributed by atoms with E-state index in [4.69, 9.17) is 16.3 Å².